The number of thiophene rings is 1. The predicted molar refractivity (Wildman–Crippen MR) is 80.1 cm³/mol. The average Bonchev–Trinajstić information content (AvgIpc) is 3.06. The second-order valence-corrected chi connectivity index (χ2v) is 5.59. The molecule has 1 unspecified atom stereocenters. The van der Waals surface area contributed by atoms with Crippen LogP contribution in [0.25, 0.3) is 11.0 Å². The monoisotopic (exact) mass is 291 g/mol. The van der Waals surface area contributed by atoms with E-state index in [0.717, 1.165) is 23.3 Å². The number of hydrogen-bond donors (Lipinski definition) is 0. The van der Waals surface area contributed by atoms with Gasteiger partial charge in [-0.2, -0.15) is 11.3 Å². The Morgan fingerprint density at radius 3 is 3.05 bits per heavy atom. The third kappa shape index (κ3) is 2.26. The number of hydrogen-bond acceptors (Lipinski definition) is 3. The highest BCUT2D eigenvalue weighted by molar-refractivity contribution is 7.07. The van der Waals surface area contributed by atoms with Crippen LogP contribution in [0.4, 0.5) is 0 Å². The second-order valence-electron chi connectivity index (χ2n) is 4.43. The number of halogens is 1. The Morgan fingerprint density at radius 2 is 2.32 bits per heavy atom. The van der Waals surface area contributed by atoms with Gasteiger partial charge in [-0.1, -0.05) is 0 Å². The number of fused-ring (bicyclic) bond motifs is 1. The van der Waals surface area contributed by atoms with Gasteiger partial charge in [-0.05, 0) is 35.4 Å². The van der Waals surface area contributed by atoms with Gasteiger partial charge in [0, 0.05) is 18.5 Å². The number of aryl methyl sites for hydroxylation is 1. The molecular weight excluding hydrogens is 278 g/mol. The Morgan fingerprint density at radius 1 is 1.42 bits per heavy atom. The molecule has 0 fully saturated rings. The minimum Gasteiger partial charge on any atom is -0.320 e. The second kappa shape index (κ2) is 5.31. The van der Waals surface area contributed by atoms with Gasteiger partial charge in [0.1, 0.15) is 11.3 Å². The maximum atomic E-state index is 5.90. The molecule has 0 N–H and O–H groups in total. The van der Waals surface area contributed by atoms with E-state index in [0.29, 0.717) is 5.88 Å². The van der Waals surface area contributed by atoms with Gasteiger partial charge in [0.15, 0.2) is 0 Å². The minimum absolute atomic E-state index is 0.261. The van der Waals surface area contributed by atoms with E-state index in [2.05, 4.69) is 38.3 Å². The fourth-order valence-corrected chi connectivity index (χ4v) is 3.27. The molecule has 19 heavy (non-hydrogen) atoms. The van der Waals surface area contributed by atoms with Crippen LogP contribution in [0.2, 0.25) is 0 Å². The van der Waals surface area contributed by atoms with Gasteiger partial charge in [0.05, 0.1) is 17.8 Å². The first-order valence-corrected chi connectivity index (χ1v) is 7.68. The largest absolute Gasteiger partial charge is 0.320 e. The lowest BCUT2D eigenvalue weighted by Crippen LogP contribution is -2.10. The van der Waals surface area contributed by atoms with E-state index in [9.17, 15) is 0 Å². The van der Waals surface area contributed by atoms with Crippen molar-refractivity contribution in [2.75, 3.05) is 5.88 Å². The van der Waals surface area contributed by atoms with Crippen molar-refractivity contribution in [2.45, 2.75) is 19.4 Å². The standard InChI is InChI=1S/C14H14ClN3S/c1-10(11-4-7-19-9-11)18-13-3-6-16-8-12(13)17-14(18)2-5-15/h3-4,6-10H,2,5H2,1H3. The summed E-state index contributed by atoms with van der Waals surface area (Å²) in [6.45, 7) is 2.20. The molecule has 0 radical (unpaired) electrons. The highest BCUT2D eigenvalue weighted by Gasteiger charge is 2.17. The molecular formula is C14H14ClN3S. The summed E-state index contributed by atoms with van der Waals surface area (Å²) in [5.41, 5.74) is 3.36. The van der Waals surface area contributed by atoms with Gasteiger partial charge >= 0.3 is 0 Å². The van der Waals surface area contributed by atoms with E-state index in [1.807, 2.05) is 18.5 Å². The Bertz CT molecular complexity index is 675. The summed E-state index contributed by atoms with van der Waals surface area (Å²) in [5, 5.41) is 4.29. The van der Waals surface area contributed by atoms with Crippen LogP contribution in [0.15, 0.2) is 35.3 Å². The van der Waals surface area contributed by atoms with E-state index in [1.54, 1.807) is 11.3 Å². The predicted octanol–water partition coefficient (Wildman–Crippen LogP) is 3.88. The first-order valence-electron chi connectivity index (χ1n) is 6.20. The molecule has 3 nitrogen and oxygen atoms in total. The molecule has 3 heterocycles. The molecule has 3 rings (SSSR count). The number of nitrogens with zero attached hydrogens (tertiary/aromatic N) is 3. The minimum atomic E-state index is 0.261. The van der Waals surface area contributed by atoms with Crippen LogP contribution in [0.1, 0.15) is 24.4 Å². The van der Waals surface area contributed by atoms with Crippen molar-refractivity contribution in [2.24, 2.45) is 0 Å². The highest BCUT2D eigenvalue weighted by Crippen LogP contribution is 2.27. The number of imidazole rings is 1. The van der Waals surface area contributed by atoms with Crippen molar-refractivity contribution in [3.63, 3.8) is 0 Å². The fraction of sp³-hybridized carbons (Fsp3) is 0.286. The molecule has 5 heteroatoms. The molecule has 0 aliphatic heterocycles. The number of rotatable bonds is 4. The van der Waals surface area contributed by atoms with E-state index < -0.39 is 0 Å². The van der Waals surface area contributed by atoms with Crippen molar-refractivity contribution >= 4 is 34.0 Å². The SMILES string of the molecule is CC(c1ccsc1)n1c(CCCl)nc2cnccc21. The maximum Gasteiger partial charge on any atom is 0.111 e. The van der Waals surface area contributed by atoms with E-state index >= 15 is 0 Å². The van der Waals surface area contributed by atoms with Crippen LogP contribution < -0.4 is 0 Å². The van der Waals surface area contributed by atoms with Gasteiger partial charge in [-0.25, -0.2) is 4.98 Å². The summed E-state index contributed by atoms with van der Waals surface area (Å²) in [6.07, 6.45) is 4.39. The van der Waals surface area contributed by atoms with E-state index in [4.69, 9.17) is 11.6 Å². The number of pyridine rings is 1. The lowest BCUT2D eigenvalue weighted by molar-refractivity contribution is 0.625. The van der Waals surface area contributed by atoms with Crippen molar-refractivity contribution in [3.05, 3.63) is 46.7 Å². The van der Waals surface area contributed by atoms with Crippen LogP contribution in [-0.4, -0.2) is 20.4 Å². The van der Waals surface area contributed by atoms with Gasteiger partial charge in [0.2, 0.25) is 0 Å². The summed E-state index contributed by atoms with van der Waals surface area (Å²) in [7, 11) is 0. The molecule has 3 aromatic heterocycles. The summed E-state index contributed by atoms with van der Waals surface area (Å²) in [5.74, 6) is 1.60. The van der Waals surface area contributed by atoms with Crippen LogP contribution >= 0.6 is 22.9 Å². The molecule has 98 valence electrons. The molecule has 3 aromatic rings. The third-order valence-corrected chi connectivity index (χ3v) is 4.19. The molecule has 1 atom stereocenters. The first kappa shape index (κ1) is 12.6. The third-order valence-electron chi connectivity index (χ3n) is 3.30. The Balaban J connectivity index is 2.17. The van der Waals surface area contributed by atoms with Crippen molar-refractivity contribution in [3.8, 4) is 0 Å². The zero-order valence-electron chi connectivity index (χ0n) is 10.6. The zero-order chi connectivity index (χ0) is 13.2. The fourth-order valence-electron chi connectivity index (χ4n) is 2.36. The number of alkyl halides is 1. The lowest BCUT2D eigenvalue weighted by atomic mass is 10.1. The van der Waals surface area contributed by atoms with Crippen LogP contribution in [0, 0.1) is 0 Å². The van der Waals surface area contributed by atoms with E-state index in [1.165, 1.54) is 5.56 Å². The summed E-state index contributed by atoms with van der Waals surface area (Å²) < 4.78 is 2.27. The average molecular weight is 292 g/mol. The smallest absolute Gasteiger partial charge is 0.111 e. The summed E-state index contributed by atoms with van der Waals surface area (Å²) >= 11 is 7.62. The van der Waals surface area contributed by atoms with Crippen LogP contribution in [0.5, 0.6) is 0 Å². The van der Waals surface area contributed by atoms with Crippen LogP contribution in [-0.2, 0) is 6.42 Å². The normalized spacial score (nSPS) is 12.9. The molecule has 0 bridgehead atoms. The van der Waals surface area contributed by atoms with Crippen molar-refractivity contribution in [1.29, 1.82) is 0 Å². The molecule has 0 amide bonds. The highest BCUT2D eigenvalue weighted by atomic mass is 35.5. The summed E-state index contributed by atoms with van der Waals surface area (Å²) in [4.78, 5) is 8.80. The zero-order valence-corrected chi connectivity index (χ0v) is 12.2. The topological polar surface area (TPSA) is 30.7 Å². The molecule has 0 spiro atoms. The van der Waals surface area contributed by atoms with Crippen molar-refractivity contribution in [1.82, 2.24) is 14.5 Å². The van der Waals surface area contributed by atoms with Gasteiger partial charge in [-0.3, -0.25) is 4.98 Å². The Kier molecular flexibility index (Phi) is 3.53. The maximum absolute atomic E-state index is 5.90. The Hall–Kier alpha value is -1.39. The molecule has 0 aliphatic carbocycles. The first-order chi connectivity index (χ1) is 9.31. The van der Waals surface area contributed by atoms with Crippen LogP contribution in [0.3, 0.4) is 0 Å². The molecule has 0 saturated heterocycles. The lowest BCUT2D eigenvalue weighted by Gasteiger charge is -2.16. The molecule has 0 aliphatic rings. The van der Waals surface area contributed by atoms with Gasteiger partial charge < -0.3 is 4.57 Å². The van der Waals surface area contributed by atoms with Gasteiger partial charge in [-0.15, -0.1) is 11.6 Å². The quantitative estimate of drug-likeness (QED) is 0.683. The van der Waals surface area contributed by atoms with Gasteiger partial charge in [0.25, 0.3) is 0 Å². The number of aromatic nitrogens is 3. The summed E-state index contributed by atoms with van der Waals surface area (Å²) in [6, 6.07) is 4.44. The van der Waals surface area contributed by atoms with Crippen molar-refractivity contribution < 1.29 is 0 Å². The van der Waals surface area contributed by atoms with E-state index in [-0.39, 0.29) is 6.04 Å². The molecule has 0 saturated carbocycles. The molecule has 0 aromatic carbocycles. The Labute approximate surface area is 120 Å².